The fourth-order valence-electron chi connectivity index (χ4n) is 2.08. The molecule has 0 radical (unpaired) electrons. The third-order valence-corrected chi connectivity index (χ3v) is 4.05. The van der Waals surface area contributed by atoms with Gasteiger partial charge in [-0.05, 0) is 43.2 Å². The molecule has 3 heteroatoms. The van der Waals surface area contributed by atoms with Crippen LogP contribution in [0.3, 0.4) is 0 Å². The molecule has 0 heterocycles. The lowest BCUT2D eigenvalue weighted by Gasteiger charge is -2.13. The summed E-state index contributed by atoms with van der Waals surface area (Å²) in [7, 11) is 0. The molecule has 20 heavy (non-hydrogen) atoms. The van der Waals surface area contributed by atoms with Crippen molar-refractivity contribution in [1.29, 1.82) is 0 Å². The standard InChI is InChI=1S/C17H20FNS/c1-14(12-15-6-5-7-16(18)13-15)19-10-11-20-17-8-3-2-4-9-17/h2-9,13-14,19H,10-12H2,1H3. The Morgan fingerprint density at radius 3 is 2.65 bits per heavy atom. The summed E-state index contributed by atoms with van der Waals surface area (Å²) >= 11 is 1.85. The van der Waals surface area contributed by atoms with Crippen LogP contribution < -0.4 is 5.32 Å². The van der Waals surface area contributed by atoms with Gasteiger partial charge in [-0.15, -0.1) is 11.8 Å². The zero-order valence-electron chi connectivity index (χ0n) is 11.7. The molecule has 106 valence electrons. The summed E-state index contributed by atoms with van der Waals surface area (Å²) in [6.07, 6.45) is 0.855. The van der Waals surface area contributed by atoms with E-state index in [0.717, 1.165) is 24.3 Å². The van der Waals surface area contributed by atoms with Gasteiger partial charge in [0.2, 0.25) is 0 Å². The monoisotopic (exact) mass is 289 g/mol. The van der Waals surface area contributed by atoms with Crippen LogP contribution in [-0.2, 0) is 6.42 Å². The van der Waals surface area contributed by atoms with Crippen LogP contribution in [0.5, 0.6) is 0 Å². The van der Waals surface area contributed by atoms with Crippen LogP contribution in [0.4, 0.5) is 4.39 Å². The molecule has 1 unspecified atom stereocenters. The molecular formula is C17H20FNS. The summed E-state index contributed by atoms with van der Waals surface area (Å²) < 4.78 is 13.1. The normalized spacial score (nSPS) is 12.3. The van der Waals surface area contributed by atoms with Crippen LogP contribution in [0.1, 0.15) is 12.5 Å². The summed E-state index contributed by atoms with van der Waals surface area (Å²) in [5.74, 6) is 0.881. The molecule has 0 saturated heterocycles. The minimum Gasteiger partial charge on any atom is -0.313 e. The maximum absolute atomic E-state index is 13.1. The topological polar surface area (TPSA) is 12.0 Å². The second-order valence-corrected chi connectivity index (χ2v) is 6.02. The number of halogens is 1. The van der Waals surface area contributed by atoms with E-state index >= 15 is 0 Å². The number of hydrogen-bond acceptors (Lipinski definition) is 2. The van der Waals surface area contributed by atoms with Gasteiger partial charge in [-0.1, -0.05) is 30.3 Å². The lowest BCUT2D eigenvalue weighted by Crippen LogP contribution is -2.30. The Balaban J connectivity index is 1.66. The largest absolute Gasteiger partial charge is 0.313 e. The fourth-order valence-corrected chi connectivity index (χ4v) is 2.89. The molecule has 2 aromatic rings. The molecule has 0 aliphatic heterocycles. The first-order valence-electron chi connectivity index (χ1n) is 6.90. The Hall–Kier alpha value is -1.32. The van der Waals surface area contributed by atoms with Crippen LogP contribution in [0, 0.1) is 5.82 Å². The molecule has 0 aliphatic carbocycles. The third-order valence-electron chi connectivity index (χ3n) is 3.04. The van der Waals surface area contributed by atoms with Gasteiger partial charge in [0, 0.05) is 23.2 Å². The quantitative estimate of drug-likeness (QED) is 0.607. The summed E-state index contributed by atoms with van der Waals surface area (Å²) in [6.45, 7) is 3.09. The third kappa shape index (κ3) is 5.35. The van der Waals surface area contributed by atoms with Gasteiger partial charge in [0.05, 0.1) is 0 Å². The predicted octanol–water partition coefficient (Wildman–Crippen LogP) is 4.14. The SMILES string of the molecule is CC(Cc1cccc(F)c1)NCCSc1ccccc1. The van der Waals surface area contributed by atoms with Crippen LogP contribution >= 0.6 is 11.8 Å². The number of thioether (sulfide) groups is 1. The molecule has 0 aromatic heterocycles. The van der Waals surface area contributed by atoms with Crippen molar-refractivity contribution >= 4 is 11.8 Å². The Morgan fingerprint density at radius 2 is 1.90 bits per heavy atom. The summed E-state index contributed by atoms with van der Waals surface area (Å²) in [5, 5.41) is 3.48. The van der Waals surface area contributed by atoms with Crippen LogP contribution in [0.25, 0.3) is 0 Å². The van der Waals surface area contributed by atoms with E-state index in [1.54, 1.807) is 12.1 Å². The van der Waals surface area contributed by atoms with E-state index in [1.807, 2.05) is 23.9 Å². The number of hydrogen-bond donors (Lipinski definition) is 1. The van der Waals surface area contributed by atoms with E-state index in [-0.39, 0.29) is 5.82 Å². The van der Waals surface area contributed by atoms with Gasteiger partial charge in [-0.2, -0.15) is 0 Å². The molecule has 2 aromatic carbocycles. The first-order valence-corrected chi connectivity index (χ1v) is 7.88. The van der Waals surface area contributed by atoms with Gasteiger partial charge < -0.3 is 5.32 Å². The minimum absolute atomic E-state index is 0.158. The van der Waals surface area contributed by atoms with Gasteiger partial charge in [0.15, 0.2) is 0 Å². The molecule has 0 amide bonds. The zero-order valence-corrected chi connectivity index (χ0v) is 12.5. The predicted molar refractivity (Wildman–Crippen MR) is 84.7 cm³/mol. The summed E-state index contributed by atoms with van der Waals surface area (Å²) in [4.78, 5) is 1.30. The molecule has 0 saturated carbocycles. The van der Waals surface area contributed by atoms with Crippen molar-refractivity contribution in [3.8, 4) is 0 Å². The second-order valence-electron chi connectivity index (χ2n) is 4.85. The van der Waals surface area contributed by atoms with Gasteiger partial charge in [-0.25, -0.2) is 4.39 Å². The Kier molecular flexibility index (Phi) is 6.09. The maximum atomic E-state index is 13.1. The number of nitrogens with one attached hydrogen (secondary N) is 1. The van der Waals surface area contributed by atoms with E-state index in [9.17, 15) is 4.39 Å². The Labute approximate surface area is 124 Å². The van der Waals surface area contributed by atoms with Gasteiger partial charge in [0.25, 0.3) is 0 Å². The maximum Gasteiger partial charge on any atom is 0.123 e. The van der Waals surface area contributed by atoms with Crippen LogP contribution in [-0.4, -0.2) is 18.3 Å². The van der Waals surface area contributed by atoms with E-state index in [0.29, 0.717) is 6.04 Å². The minimum atomic E-state index is -0.158. The van der Waals surface area contributed by atoms with Crippen LogP contribution in [0.2, 0.25) is 0 Å². The molecule has 0 aliphatic rings. The number of rotatable bonds is 7. The lowest BCUT2D eigenvalue weighted by atomic mass is 10.1. The summed E-state index contributed by atoms with van der Waals surface area (Å²) in [5.41, 5.74) is 1.04. The molecule has 1 atom stereocenters. The zero-order chi connectivity index (χ0) is 14.2. The highest BCUT2D eigenvalue weighted by atomic mass is 32.2. The average molecular weight is 289 g/mol. The summed E-state index contributed by atoms with van der Waals surface area (Å²) in [6, 6.07) is 17.6. The first-order chi connectivity index (χ1) is 9.74. The molecular weight excluding hydrogens is 269 g/mol. The van der Waals surface area contributed by atoms with Crippen molar-refractivity contribution in [1.82, 2.24) is 5.32 Å². The van der Waals surface area contributed by atoms with Crippen molar-refractivity contribution in [2.75, 3.05) is 12.3 Å². The van der Waals surface area contributed by atoms with E-state index in [1.165, 1.54) is 11.0 Å². The lowest BCUT2D eigenvalue weighted by molar-refractivity contribution is 0.564. The average Bonchev–Trinajstić information content (AvgIpc) is 2.45. The van der Waals surface area contributed by atoms with Crippen molar-refractivity contribution in [3.05, 3.63) is 66.0 Å². The molecule has 1 N–H and O–H groups in total. The molecule has 0 spiro atoms. The molecule has 0 bridgehead atoms. The highest BCUT2D eigenvalue weighted by Gasteiger charge is 2.03. The van der Waals surface area contributed by atoms with Crippen molar-refractivity contribution in [2.45, 2.75) is 24.3 Å². The first kappa shape index (κ1) is 15.1. The number of benzene rings is 2. The van der Waals surface area contributed by atoms with Gasteiger partial charge >= 0.3 is 0 Å². The van der Waals surface area contributed by atoms with Crippen molar-refractivity contribution in [3.63, 3.8) is 0 Å². The smallest absolute Gasteiger partial charge is 0.123 e. The second kappa shape index (κ2) is 8.08. The van der Waals surface area contributed by atoms with Gasteiger partial charge in [0.1, 0.15) is 5.82 Å². The Morgan fingerprint density at radius 1 is 1.10 bits per heavy atom. The van der Waals surface area contributed by atoms with Crippen molar-refractivity contribution in [2.24, 2.45) is 0 Å². The highest BCUT2D eigenvalue weighted by Crippen LogP contribution is 2.15. The Bertz CT molecular complexity index is 515. The van der Waals surface area contributed by atoms with Crippen LogP contribution in [0.15, 0.2) is 59.5 Å². The van der Waals surface area contributed by atoms with E-state index in [4.69, 9.17) is 0 Å². The molecule has 0 fully saturated rings. The molecule has 2 rings (SSSR count). The highest BCUT2D eigenvalue weighted by molar-refractivity contribution is 7.99. The van der Waals surface area contributed by atoms with E-state index < -0.39 is 0 Å². The van der Waals surface area contributed by atoms with Gasteiger partial charge in [-0.3, -0.25) is 0 Å². The van der Waals surface area contributed by atoms with Crippen molar-refractivity contribution < 1.29 is 4.39 Å². The fraction of sp³-hybridized carbons (Fsp3) is 0.294. The molecule has 1 nitrogen and oxygen atoms in total. The van der Waals surface area contributed by atoms with E-state index in [2.05, 4.69) is 36.5 Å².